The fourth-order valence-electron chi connectivity index (χ4n) is 3.10. The third kappa shape index (κ3) is 5.55. The zero-order valence-corrected chi connectivity index (χ0v) is 16.3. The largest absolute Gasteiger partial charge is 0.444 e. The summed E-state index contributed by atoms with van der Waals surface area (Å²) in [5, 5.41) is 4.97. The highest BCUT2D eigenvalue weighted by molar-refractivity contribution is 6.03. The predicted octanol–water partition coefficient (Wildman–Crippen LogP) is 4.53. The Balaban J connectivity index is 1.77. The van der Waals surface area contributed by atoms with Crippen molar-refractivity contribution in [3.05, 3.63) is 48.0 Å². The topological polar surface area (TPSA) is 50.8 Å². The molecule has 1 amide bonds. The summed E-state index contributed by atoms with van der Waals surface area (Å²) in [6.45, 7) is 10.0. The number of nitrogens with zero attached hydrogens (tertiary/aromatic N) is 1. The predicted molar refractivity (Wildman–Crippen MR) is 110 cm³/mol. The Morgan fingerprint density at radius 3 is 2.56 bits per heavy atom. The lowest BCUT2D eigenvalue weighted by atomic mass is 10.0. The first-order valence-electron chi connectivity index (χ1n) is 9.41. The minimum Gasteiger partial charge on any atom is -0.444 e. The van der Waals surface area contributed by atoms with Gasteiger partial charge in [-0.3, -0.25) is 10.2 Å². The molecule has 2 aromatic carbocycles. The van der Waals surface area contributed by atoms with Gasteiger partial charge < -0.3 is 9.47 Å². The van der Waals surface area contributed by atoms with Crippen molar-refractivity contribution in [2.24, 2.45) is 0 Å². The summed E-state index contributed by atoms with van der Waals surface area (Å²) in [4.78, 5) is 14.5. The van der Waals surface area contributed by atoms with Crippen LogP contribution in [0.2, 0.25) is 0 Å². The van der Waals surface area contributed by atoms with Crippen LogP contribution in [-0.4, -0.2) is 49.4 Å². The lowest BCUT2D eigenvalue weighted by molar-refractivity contribution is 0.0435. The summed E-state index contributed by atoms with van der Waals surface area (Å²) in [5.41, 5.74) is 1.36. The standard InChI is InChI=1S/C22H28N2O3/c1-22(2,3)27-21(25)23-20-11-10-17(18-8-4-5-9-19(18)20)7-6-12-24-13-15-26-16-14-24/h4-11H,12-16H2,1-3H3,(H,23,25). The summed E-state index contributed by atoms with van der Waals surface area (Å²) in [6.07, 6.45) is 3.89. The number of hydrogen-bond acceptors (Lipinski definition) is 4. The van der Waals surface area contributed by atoms with Crippen LogP contribution in [0, 0.1) is 0 Å². The molecule has 27 heavy (non-hydrogen) atoms. The Kier molecular flexibility index (Phi) is 6.14. The number of anilines is 1. The minimum absolute atomic E-state index is 0.441. The molecule has 1 aliphatic heterocycles. The third-order valence-corrected chi connectivity index (χ3v) is 4.36. The van der Waals surface area contributed by atoms with E-state index in [1.54, 1.807) is 0 Å². The van der Waals surface area contributed by atoms with Gasteiger partial charge in [-0.05, 0) is 37.8 Å². The molecular formula is C22H28N2O3. The molecule has 3 rings (SSSR count). The van der Waals surface area contributed by atoms with Gasteiger partial charge in [0.1, 0.15) is 5.60 Å². The molecule has 0 unspecified atom stereocenters. The van der Waals surface area contributed by atoms with Crippen LogP contribution in [0.25, 0.3) is 16.8 Å². The highest BCUT2D eigenvalue weighted by Crippen LogP contribution is 2.28. The van der Waals surface area contributed by atoms with Gasteiger partial charge in [0.15, 0.2) is 0 Å². The molecule has 2 aromatic rings. The van der Waals surface area contributed by atoms with E-state index in [1.165, 1.54) is 0 Å². The van der Waals surface area contributed by atoms with Gasteiger partial charge in [-0.25, -0.2) is 4.79 Å². The van der Waals surface area contributed by atoms with Crippen LogP contribution in [0.1, 0.15) is 26.3 Å². The highest BCUT2D eigenvalue weighted by atomic mass is 16.6. The van der Waals surface area contributed by atoms with Crippen LogP contribution < -0.4 is 5.32 Å². The first-order chi connectivity index (χ1) is 12.9. The van der Waals surface area contributed by atoms with Crippen molar-refractivity contribution < 1.29 is 14.3 Å². The molecule has 0 spiro atoms. The summed E-state index contributed by atoms with van der Waals surface area (Å²) >= 11 is 0. The molecular weight excluding hydrogens is 340 g/mol. The van der Waals surface area contributed by atoms with Gasteiger partial charge in [-0.1, -0.05) is 42.5 Å². The number of hydrogen-bond donors (Lipinski definition) is 1. The van der Waals surface area contributed by atoms with Gasteiger partial charge in [0.05, 0.1) is 18.9 Å². The number of fused-ring (bicyclic) bond motifs is 1. The number of morpholine rings is 1. The van der Waals surface area contributed by atoms with Crippen LogP contribution >= 0.6 is 0 Å². The molecule has 0 radical (unpaired) electrons. The average Bonchev–Trinajstić information content (AvgIpc) is 2.63. The van der Waals surface area contributed by atoms with E-state index in [0.29, 0.717) is 0 Å². The molecule has 0 saturated carbocycles. The maximum absolute atomic E-state index is 12.1. The van der Waals surface area contributed by atoms with Crippen LogP contribution in [0.5, 0.6) is 0 Å². The first kappa shape index (κ1) is 19.4. The number of nitrogens with one attached hydrogen (secondary N) is 1. The smallest absolute Gasteiger partial charge is 0.412 e. The van der Waals surface area contributed by atoms with Crippen molar-refractivity contribution in [3.8, 4) is 0 Å². The number of amides is 1. The van der Waals surface area contributed by atoms with Gasteiger partial charge in [0, 0.05) is 25.0 Å². The lowest BCUT2D eigenvalue weighted by Gasteiger charge is -2.25. The number of rotatable bonds is 4. The molecule has 1 heterocycles. The number of ether oxygens (including phenoxy) is 2. The van der Waals surface area contributed by atoms with E-state index in [1.807, 2.05) is 51.1 Å². The average molecular weight is 368 g/mol. The Bertz CT molecular complexity index is 818. The molecule has 1 N–H and O–H groups in total. The fraction of sp³-hybridized carbons (Fsp3) is 0.409. The Hall–Kier alpha value is -2.37. The summed E-state index contributed by atoms with van der Waals surface area (Å²) in [5.74, 6) is 0. The number of carbonyl (C=O) groups excluding carboxylic acids is 1. The van der Waals surface area contributed by atoms with Crippen molar-refractivity contribution in [2.75, 3.05) is 38.2 Å². The number of benzene rings is 2. The summed E-state index contributed by atoms with van der Waals surface area (Å²) in [7, 11) is 0. The summed E-state index contributed by atoms with van der Waals surface area (Å²) < 4.78 is 10.8. The first-order valence-corrected chi connectivity index (χ1v) is 9.41. The maximum Gasteiger partial charge on any atom is 0.412 e. The molecule has 0 atom stereocenters. The SMILES string of the molecule is CC(C)(C)OC(=O)Nc1ccc(C=CCN2CCOCC2)c2ccccc12. The van der Waals surface area contributed by atoms with Gasteiger partial charge in [0.2, 0.25) is 0 Å². The van der Waals surface area contributed by atoms with Crippen molar-refractivity contribution >= 4 is 28.6 Å². The summed E-state index contributed by atoms with van der Waals surface area (Å²) in [6, 6.07) is 12.0. The second kappa shape index (κ2) is 8.55. The highest BCUT2D eigenvalue weighted by Gasteiger charge is 2.17. The van der Waals surface area contributed by atoms with Crippen molar-refractivity contribution in [3.63, 3.8) is 0 Å². The zero-order chi connectivity index (χ0) is 19.3. The van der Waals surface area contributed by atoms with E-state index < -0.39 is 11.7 Å². The van der Waals surface area contributed by atoms with Crippen LogP contribution in [-0.2, 0) is 9.47 Å². The van der Waals surface area contributed by atoms with Crippen molar-refractivity contribution in [1.82, 2.24) is 4.90 Å². The van der Waals surface area contributed by atoms with Crippen LogP contribution in [0.3, 0.4) is 0 Å². The molecule has 5 heteroatoms. The van der Waals surface area contributed by atoms with Crippen LogP contribution in [0.4, 0.5) is 10.5 Å². The lowest BCUT2D eigenvalue weighted by Crippen LogP contribution is -2.36. The molecule has 1 aliphatic rings. The Morgan fingerprint density at radius 2 is 1.85 bits per heavy atom. The second-order valence-electron chi connectivity index (χ2n) is 7.69. The van der Waals surface area contributed by atoms with E-state index in [4.69, 9.17) is 9.47 Å². The molecule has 0 aromatic heterocycles. The number of carbonyl (C=O) groups is 1. The molecule has 5 nitrogen and oxygen atoms in total. The van der Waals surface area contributed by atoms with E-state index in [-0.39, 0.29) is 0 Å². The van der Waals surface area contributed by atoms with E-state index >= 15 is 0 Å². The second-order valence-corrected chi connectivity index (χ2v) is 7.69. The minimum atomic E-state index is -0.526. The van der Waals surface area contributed by atoms with Crippen molar-refractivity contribution in [1.29, 1.82) is 0 Å². The van der Waals surface area contributed by atoms with Gasteiger partial charge in [-0.2, -0.15) is 0 Å². The molecule has 1 saturated heterocycles. The zero-order valence-electron chi connectivity index (χ0n) is 16.3. The maximum atomic E-state index is 12.1. The normalized spacial score (nSPS) is 16.0. The third-order valence-electron chi connectivity index (χ3n) is 4.36. The molecule has 144 valence electrons. The quantitative estimate of drug-likeness (QED) is 0.861. The Labute approximate surface area is 160 Å². The van der Waals surface area contributed by atoms with Crippen LogP contribution in [0.15, 0.2) is 42.5 Å². The van der Waals surface area contributed by atoms with Gasteiger partial charge in [-0.15, -0.1) is 0 Å². The molecule has 0 aliphatic carbocycles. The Morgan fingerprint density at radius 1 is 1.15 bits per heavy atom. The van der Waals surface area contributed by atoms with E-state index in [0.717, 1.165) is 54.9 Å². The monoisotopic (exact) mass is 368 g/mol. The van der Waals surface area contributed by atoms with Gasteiger partial charge >= 0.3 is 6.09 Å². The fourth-order valence-corrected chi connectivity index (χ4v) is 3.10. The van der Waals surface area contributed by atoms with Gasteiger partial charge in [0.25, 0.3) is 0 Å². The molecule has 1 fully saturated rings. The molecule has 0 bridgehead atoms. The van der Waals surface area contributed by atoms with E-state index in [9.17, 15) is 4.79 Å². The van der Waals surface area contributed by atoms with Crippen molar-refractivity contribution in [2.45, 2.75) is 26.4 Å². The van der Waals surface area contributed by atoms with E-state index in [2.05, 4.69) is 28.4 Å².